The zero-order valence-corrected chi connectivity index (χ0v) is 16.5. The van der Waals surface area contributed by atoms with E-state index < -0.39 is 0 Å². The van der Waals surface area contributed by atoms with Gasteiger partial charge in [0.1, 0.15) is 4.32 Å². The van der Waals surface area contributed by atoms with Gasteiger partial charge in [0.05, 0.1) is 19.1 Å². The summed E-state index contributed by atoms with van der Waals surface area (Å²) in [4.78, 5) is 15.0. The third-order valence-corrected chi connectivity index (χ3v) is 5.59. The van der Waals surface area contributed by atoms with Crippen molar-refractivity contribution >= 4 is 40.3 Å². The van der Waals surface area contributed by atoms with Gasteiger partial charge in [-0.1, -0.05) is 30.0 Å². The molecule has 1 saturated heterocycles. The lowest BCUT2D eigenvalue weighted by Crippen LogP contribution is -2.30. The van der Waals surface area contributed by atoms with E-state index in [2.05, 4.69) is 0 Å². The van der Waals surface area contributed by atoms with E-state index >= 15 is 0 Å². The number of rotatable bonds is 6. The Balaban J connectivity index is 1.71. The highest BCUT2D eigenvalue weighted by atomic mass is 32.2. The quantitative estimate of drug-likeness (QED) is 0.560. The fourth-order valence-corrected chi connectivity index (χ4v) is 4.02. The number of amides is 1. The zero-order valence-electron chi connectivity index (χ0n) is 14.9. The van der Waals surface area contributed by atoms with Crippen LogP contribution in [0.1, 0.15) is 11.3 Å². The van der Waals surface area contributed by atoms with Gasteiger partial charge >= 0.3 is 0 Å². The van der Waals surface area contributed by atoms with Crippen molar-refractivity contribution < 1.29 is 14.3 Å². The van der Waals surface area contributed by atoms with Crippen LogP contribution in [-0.4, -0.2) is 40.5 Å². The molecule has 1 amide bonds. The first kappa shape index (κ1) is 18.5. The Kier molecular flexibility index (Phi) is 5.68. The van der Waals surface area contributed by atoms with Gasteiger partial charge in [-0.15, -0.1) is 0 Å². The number of thioether (sulfide) groups is 1. The van der Waals surface area contributed by atoms with Crippen LogP contribution in [0.15, 0.2) is 41.4 Å². The van der Waals surface area contributed by atoms with Crippen LogP contribution >= 0.6 is 24.0 Å². The molecule has 2 heterocycles. The van der Waals surface area contributed by atoms with E-state index in [0.29, 0.717) is 33.7 Å². The van der Waals surface area contributed by atoms with Gasteiger partial charge in [-0.05, 0) is 42.3 Å². The van der Waals surface area contributed by atoms with Crippen LogP contribution in [-0.2, 0) is 18.3 Å². The molecule has 0 bridgehead atoms. The van der Waals surface area contributed by atoms with Crippen molar-refractivity contribution in [2.45, 2.75) is 6.42 Å². The monoisotopic (exact) mass is 388 g/mol. The molecule has 0 radical (unpaired) electrons. The van der Waals surface area contributed by atoms with Crippen LogP contribution < -0.4 is 9.47 Å². The average molecular weight is 389 g/mol. The number of nitrogens with zero attached hydrogens (tertiary/aromatic N) is 2. The molecular weight excluding hydrogens is 368 g/mol. The molecule has 0 aliphatic carbocycles. The number of methoxy groups -OCH3 is 2. The Morgan fingerprint density at radius 1 is 1.19 bits per heavy atom. The molecular formula is C19H20N2O3S2. The Bertz CT molecular complexity index is 873. The number of benzene rings is 1. The minimum atomic E-state index is -0.0401. The smallest absolute Gasteiger partial charge is 0.266 e. The lowest BCUT2D eigenvalue weighted by molar-refractivity contribution is -0.122. The SMILES string of the molecule is COc1ccc(CCN2C(=O)C(=Cc3cccn3C)SC2=S)cc1OC. The Morgan fingerprint density at radius 2 is 1.96 bits per heavy atom. The van der Waals surface area contributed by atoms with Crippen LogP contribution in [0.4, 0.5) is 0 Å². The lowest BCUT2D eigenvalue weighted by Gasteiger charge is -2.15. The highest BCUT2D eigenvalue weighted by molar-refractivity contribution is 8.26. The zero-order chi connectivity index (χ0) is 18.7. The third-order valence-electron chi connectivity index (χ3n) is 4.21. The molecule has 3 rings (SSSR count). The lowest BCUT2D eigenvalue weighted by atomic mass is 10.1. The summed E-state index contributed by atoms with van der Waals surface area (Å²) in [5.41, 5.74) is 2.04. The molecule has 0 saturated carbocycles. The van der Waals surface area contributed by atoms with Gasteiger partial charge in [-0.3, -0.25) is 9.69 Å². The topological polar surface area (TPSA) is 43.7 Å². The number of thiocarbonyl (C=S) groups is 1. The predicted molar refractivity (Wildman–Crippen MR) is 109 cm³/mol. The summed E-state index contributed by atoms with van der Waals surface area (Å²) < 4.78 is 13.1. The molecule has 1 aliphatic heterocycles. The normalized spacial score (nSPS) is 15.8. The molecule has 136 valence electrons. The second-order valence-electron chi connectivity index (χ2n) is 5.82. The third kappa shape index (κ3) is 3.78. The maximum absolute atomic E-state index is 12.7. The van der Waals surface area contributed by atoms with E-state index in [-0.39, 0.29) is 5.91 Å². The van der Waals surface area contributed by atoms with Crippen molar-refractivity contribution in [2.24, 2.45) is 7.05 Å². The van der Waals surface area contributed by atoms with E-state index in [1.165, 1.54) is 11.8 Å². The molecule has 7 heteroatoms. The number of aromatic nitrogens is 1. The van der Waals surface area contributed by atoms with Crippen LogP contribution in [0, 0.1) is 0 Å². The summed E-state index contributed by atoms with van der Waals surface area (Å²) in [6.45, 7) is 0.532. The molecule has 1 aromatic heterocycles. The number of hydrogen-bond acceptors (Lipinski definition) is 5. The molecule has 0 atom stereocenters. The van der Waals surface area contributed by atoms with Crippen LogP contribution in [0.2, 0.25) is 0 Å². The Morgan fingerprint density at radius 3 is 2.62 bits per heavy atom. The Labute approximate surface area is 162 Å². The summed E-state index contributed by atoms with van der Waals surface area (Å²) >= 11 is 6.75. The molecule has 0 unspecified atom stereocenters. The van der Waals surface area contributed by atoms with Crippen molar-refractivity contribution in [3.63, 3.8) is 0 Å². The standard InChI is InChI=1S/C19H20N2O3S2/c1-20-9-4-5-14(20)12-17-18(22)21(19(25)26-17)10-8-13-6-7-15(23-2)16(11-13)24-3/h4-7,9,11-12H,8,10H2,1-3H3. The molecule has 0 N–H and O–H groups in total. The Hall–Kier alpha value is -2.25. The highest BCUT2D eigenvalue weighted by Crippen LogP contribution is 2.33. The van der Waals surface area contributed by atoms with Crippen molar-refractivity contribution in [3.8, 4) is 11.5 Å². The van der Waals surface area contributed by atoms with E-state index in [1.807, 2.05) is 54.2 Å². The first-order valence-electron chi connectivity index (χ1n) is 8.11. The maximum atomic E-state index is 12.7. The second-order valence-corrected chi connectivity index (χ2v) is 7.49. The van der Waals surface area contributed by atoms with Crippen molar-refractivity contribution in [3.05, 3.63) is 52.7 Å². The molecule has 5 nitrogen and oxygen atoms in total. The van der Waals surface area contributed by atoms with Crippen molar-refractivity contribution in [2.75, 3.05) is 20.8 Å². The largest absolute Gasteiger partial charge is 0.493 e. The molecule has 1 aromatic carbocycles. The van der Waals surface area contributed by atoms with Gasteiger partial charge in [-0.25, -0.2) is 0 Å². The predicted octanol–water partition coefficient (Wildman–Crippen LogP) is 3.49. The summed E-state index contributed by atoms with van der Waals surface area (Å²) in [5.74, 6) is 1.33. The fourth-order valence-electron chi connectivity index (χ4n) is 2.73. The van der Waals surface area contributed by atoms with Crippen molar-refractivity contribution in [1.29, 1.82) is 0 Å². The van der Waals surface area contributed by atoms with Gasteiger partial charge < -0.3 is 14.0 Å². The minimum absolute atomic E-state index is 0.0401. The fraction of sp³-hybridized carbons (Fsp3) is 0.263. The minimum Gasteiger partial charge on any atom is -0.493 e. The highest BCUT2D eigenvalue weighted by Gasteiger charge is 2.31. The summed E-state index contributed by atoms with van der Waals surface area (Å²) in [5, 5.41) is 0. The van der Waals surface area contributed by atoms with Crippen molar-refractivity contribution in [1.82, 2.24) is 9.47 Å². The van der Waals surface area contributed by atoms with Gasteiger partial charge in [-0.2, -0.15) is 0 Å². The van der Waals surface area contributed by atoms with Gasteiger partial charge in [0.25, 0.3) is 5.91 Å². The van der Waals surface area contributed by atoms with Gasteiger partial charge in [0, 0.05) is 25.5 Å². The summed E-state index contributed by atoms with van der Waals surface area (Å²) in [7, 11) is 5.17. The first-order chi connectivity index (χ1) is 12.5. The number of aryl methyl sites for hydroxylation is 1. The molecule has 1 aliphatic rings. The number of hydrogen-bond donors (Lipinski definition) is 0. The molecule has 1 fully saturated rings. The molecule has 26 heavy (non-hydrogen) atoms. The number of carbonyl (C=O) groups excluding carboxylic acids is 1. The van der Waals surface area contributed by atoms with E-state index in [9.17, 15) is 4.79 Å². The molecule has 0 spiro atoms. The van der Waals surface area contributed by atoms with E-state index in [4.69, 9.17) is 21.7 Å². The average Bonchev–Trinajstić information content (AvgIpc) is 3.16. The first-order valence-corrected chi connectivity index (χ1v) is 9.33. The van der Waals surface area contributed by atoms with Crippen LogP contribution in [0.25, 0.3) is 6.08 Å². The number of ether oxygens (including phenoxy) is 2. The summed E-state index contributed by atoms with van der Waals surface area (Å²) in [6.07, 6.45) is 4.52. The maximum Gasteiger partial charge on any atom is 0.266 e. The molecule has 2 aromatic rings. The van der Waals surface area contributed by atoms with Crippen LogP contribution in [0.3, 0.4) is 0 Å². The van der Waals surface area contributed by atoms with E-state index in [0.717, 1.165) is 11.3 Å². The van der Waals surface area contributed by atoms with E-state index in [1.54, 1.807) is 19.1 Å². The summed E-state index contributed by atoms with van der Waals surface area (Å²) in [6, 6.07) is 9.68. The second kappa shape index (κ2) is 7.97. The van der Waals surface area contributed by atoms with Gasteiger partial charge in [0.2, 0.25) is 0 Å². The van der Waals surface area contributed by atoms with Gasteiger partial charge in [0.15, 0.2) is 11.5 Å². The number of carbonyl (C=O) groups is 1. The van der Waals surface area contributed by atoms with Crippen LogP contribution in [0.5, 0.6) is 11.5 Å².